The van der Waals surface area contributed by atoms with Crippen LogP contribution in [-0.2, 0) is 11.2 Å². The average Bonchev–Trinajstić information content (AvgIpc) is 2.52. The quantitative estimate of drug-likeness (QED) is 0.760. The zero-order valence-electron chi connectivity index (χ0n) is 12.6. The fourth-order valence-electron chi connectivity index (χ4n) is 2.57. The van der Waals surface area contributed by atoms with Gasteiger partial charge >= 0.3 is 0 Å². The van der Waals surface area contributed by atoms with Crippen LogP contribution in [0.5, 0.6) is 0 Å². The van der Waals surface area contributed by atoms with E-state index in [9.17, 15) is 4.79 Å². The highest BCUT2D eigenvalue weighted by molar-refractivity contribution is 9.09. The molecule has 0 bridgehead atoms. The van der Waals surface area contributed by atoms with Crippen LogP contribution in [0, 0.1) is 6.92 Å². The highest BCUT2D eigenvalue weighted by atomic mass is 79.9. The molecule has 0 aromatic carbocycles. The summed E-state index contributed by atoms with van der Waals surface area (Å²) < 4.78 is 5.72. The Labute approximate surface area is 134 Å². The molecule has 1 aliphatic heterocycles. The first-order valence-electron chi connectivity index (χ1n) is 7.45. The van der Waals surface area contributed by atoms with Gasteiger partial charge in [-0.15, -0.1) is 0 Å². The van der Waals surface area contributed by atoms with Crippen LogP contribution >= 0.6 is 15.9 Å². The van der Waals surface area contributed by atoms with Crippen LogP contribution in [0.4, 0.5) is 0 Å². The van der Waals surface area contributed by atoms with Crippen LogP contribution in [0.25, 0.3) is 0 Å². The van der Waals surface area contributed by atoms with Gasteiger partial charge < -0.3 is 9.64 Å². The summed E-state index contributed by atoms with van der Waals surface area (Å²) in [4.78, 5) is 14.6. The maximum Gasteiger partial charge on any atom is 0.255 e. The second-order valence-corrected chi connectivity index (χ2v) is 6.04. The standard InChI is InChI=1S/C15H22BrN3O2/c1-3-14-13(10-11(2)17-18-14)15(20)19-7-4-12(5-8-19)21-9-6-16/h10,12H,3-9H2,1-2H3. The van der Waals surface area contributed by atoms with Gasteiger partial charge in [-0.05, 0) is 32.3 Å². The Morgan fingerprint density at radius 1 is 1.43 bits per heavy atom. The summed E-state index contributed by atoms with van der Waals surface area (Å²) in [5.41, 5.74) is 2.26. The molecule has 116 valence electrons. The predicted molar refractivity (Wildman–Crippen MR) is 84.8 cm³/mol. The third kappa shape index (κ3) is 4.23. The van der Waals surface area contributed by atoms with Crippen molar-refractivity contribution in [1.29, 1.82) is 0 Å². The Bertz CT molecular complexity index is 488. The molecule has 2 rings (SSSR count). The van der Waals surface area contributed by atoms with Crippen LogP contribution in [0.3, 0.4) is 0 Å². The molecule has 0 saturated carbocycles. The number of carbonyl (C=O) groups excluding carboxylic acids is 1. The molecule has 2 heterocycles. The summed E-state index contributed by atoms with van der Waals surface area (Å²) in [6, 6.07) is 1.85. The number of aryl methyl sites for hydroxylation is 2. The first-order valence-corrected chi connectivity index (χ1v) is 8.58. The normalized spacial score (nSPS) is 16.2. The van der Waals surface area contributed by atoms with Crippen molar-refractivity contribution >= 4 is 21.8 Å². The molecule has 1 aliphatic rings. The smallest absolute Gasteiger partial charge is 0.255 e. The lowest BCUT2D eigenvalue weighted by molar-refractivity contribution is 0.0159. The monoisotopic (exact) mass is 355 g/mol. The van der Waals surface area contributed by atoms with Crippen LogP contribution < -0.4 is 0 Å². The first-order chi connectivity index (χ1) is 10.2. The number of rotatable bonds is 5. The van der Waals surface area contributed by atoms with Crippen molar-refractivity contribution in [3.05, 3.63) is 23.0 Å². The van der Waals surface area contributed by atoms with E-state index >= 15 is 0 Å². The van der Waals surface area contributed by atoms with Gasteiger partial charge in [-0.1, -0.05) is 22.9 Å². The van der Waals surface area contributed by atoms with Gasteiger partial charge in [0.1, 0.15) is 0 Å². The summed E-state index contributed by atoms with van der Waals surface area (Å²) in [6.07, 6.45) is 2.80. The fourth-order valence-corrected chi connectivity index (χ4v) is 2.75. The first kappa shape index (κ1) is 16.4. The number of piperidine rings is 1. The molecule has 0 radical (unpaired) electrons. The third-order valence-corrected chi connectivity index (χ3v) is 4.04. The minimum Gasteiger partial charge on any atom is -0.377 e. The molecule has 0 aliphatic carbocycles. The molecular formula is C15H22BrN3O2. The minimum atomic E-state index is 0.0730. The molecule has 5 nitrogen and oxygen atoms in total. The maximum absolute atomic E-state index is 12.7. The SMILES string of the molecule is CCc1nnc(C)cc1C(=O)N1CCC(OCCBr)CC1. The van der Waals surface area contributed by atoms with E-state index < -0.39 is 0 Å². The van der Waals surface area contributed by atoms with E-state index in [0.29, 0.717) is 5.56 Å². The number of ether oxygens (including phenoxy) is 1. The molecular weight excluding hydrogens is 334 g/mol. The molecule has 1 fully saturated rings. The van der Waals surface area contributed by atoms with Crippen LogP contribution in [0.2, 0.25) is 0 Å². The summed E-state index contributed by atoms with van der Waals surface area (Å²) in [5.74, 6) is 0.0730. The molecule has 21 heavy (non-hydrogen) atoms. The zero-order chi connectivity index (χ0) is 15.2. The van der Waals surface area contributed by atoms with Gasteiger partial charge in [0.05, 0.1) is 29.7 Å². The molecule has 0 unspecified atom stereocenters. The summed E-state index contributed by atoms with van der Waals surface area (Å²) in [7, 11) is 0. The van der Waals surface area contributed by atoms with Crippen molar-refractivity contribution in [3.8, 4) is 0 Å². The topological polar surface area (TPSA) is 55.3 Å². The number of nitrogens with zero attached hydrogens (tertiary/aromatic N) is 3. The molecule has 1 saturated heterocycles. The van der Waals surface area contributed by atoms with E-state index in [-0.39, 0.29) is 12.0 Å². The Kier molecular flexibility index (Phi) is 6.11. The molecule has 1 aromatic rings. The number of alkyl halides is 1. The van der Waals surface area contributed by atoms with E-state index in [1.807, 2.05) is 24.8 Å². The van der Waals surface area contributed by atoms with Crippen molar-refractivity contribution in [1.82, 2.24) is 15.1 Å². The molecule has 0 atom stereocenters. The number of hydrogen-bond donors (Lipinski definition) is 0. The van der Waals surface area contributed by atoms with Gasteiger partial charge in [-0.3, -0.25) is 4.79 Å². The van der Waals surface area contributed by atoms with Gasteiger partial charge in [-0.2, -0.15) is 10.2 Å². The van der Waals surface area contributed by atoms with Crippen molar-refractivity contribution < 1.29 is 9.53 Å². The highest BCUT2D eigenvalue weighted by Crippen LogP contribution is 2.18. The second-order valence-electron chi connectivity index (χ2n) is 5.25. The Morgan fingerprint density at radius 3 is 2.76 bits per heavy atom. The Balaban J connectivity index is 2.00. The molecule has 6 heteroatoms. The summed E-state index contributed by atoms with van der Waals surface area (Å²) in [5, 5.41) is 9.03. The zero-order valence-corrected chi connectivity index (χ0v) is 14.2. The number of halogens is 1. The Hall–Kier alpha value is -1.01. The molecule has 1 amide bonds. The summed E-state index contributed by atoms with van der Waals surface area (Å²) >= 11 is 3.36. The number of likely N-dealkylation sites (tertiary alicyclic amines) is 1. The van der Waals surface area contributed by atoms with E-state index in [0.717, 1.165) is 55.7 Å². The van der Waals surface area contributed by atoms with E-state index in [4.69, 9.17) is 4.74 Å². The van der Waals surface area contributed by atoms with Crippen molar-refractivity contribution in [3.63, 3.8) is 0 Å². The lowest BCUT2D eigenvalue weighted by Crippen LogP contribution is -2.41. The third-order valence-electron chi connectivity index (χ3n) is 3.72. The summed E-state index contributed by atoms with van der Waals surface area (Å²) in [6.45, 7) is 6.08. The van der Waals surface area contributed by atoms with Crippen molar-refractivity contribution in [2.45, 2.75) is 39.2 Å². The second kappa shape index (κ2) is 7.84. The number of aromatic nitrogens is 2. The van der Waals surface area contributed by atoms with Crippen molar-refractivity contribution in [2.75, 3.05) is 25.0 Å². The lowest BCUT2D eigenvalue weighted by atomic mass is 10.0. The number of hydrogen-bond acceptors (Lipinski definition) is 4. The molecule has 0 N–H and O–H groups in total. The lowest BCUT2D eigenvalue weighted by Gasteiger charge is -2.32. The highest BCUT2D eigenvalue weighted by Gasteiger charge is 2.25. The van der Waals surface area contributed by atoms with Crippen molar-refractivity contribution in [2.24, 2.45) is 0 Å². The maximum atomic E-state index is 12.7. The predicted octanol–water partition coefficient (Wildman–Crippen LogP) is 2.36. The molecule has 0 spiro atoms. The van der Waals surface area contributed by atoms with Gasteiger partial charge in [0.25, 0.3) is 5.91 Å². The number of amides is 1. The van der Waals surface area contributed by atoms with Crippen LogP contribution in [-0.4, -0.2) is 52.1 Å². The largest absolute Gasteiger partial charge is 0.377 e. The van der Waals surface area contributed by atoms with Gasteiger partial charge in [0.2, 0.25) is 0 Å². The molecule has 1 aromatic heterocycles. The van der Waals surface area contributed by atoms with Crippen LogP contribution in [0.15, 0.2) is 6.07 Å². The van der Waals surface area contributed by atoms with E-state index in [1.54, 1.807) is 0 Å². The van der Waals surface area contributed by atoms with Gasteiger partial charge in [-0.25, -0.2) is 0 Å². The average molecular weight is 356 g/mol. The van der Waals surface area contributed by atoms with Gasteiger partial charge in [0.15, 0.2) is 0 Å². The van der Waals surface area contributed by atoms with Crippen LogP contribution in [0.1, 0.15) is 41.5 Å². The Morgan fingerprint density at radius 2 is 2.14 bits per heavy atom. The minimum absolute atomic E-state index is 0.0730. The number of carbonyl (C=O) groups is 1. The van der Waals surface area contributed by atoms with E-state index in [2.05, 4.69) is 26.1 Å². The fraction of sp³-hybridized carbons (Fsp3) is 0.667. The van der Waals surface area contributed by atoms with Gasteiger partial charge in [0, 0.05) is 18.4 Å². The van der Waals surface area contributed by atoms with E-state index in [1.165, 1.54) is 0 Å².